The van der Waals surface area contributed by atoms with E-state index in [-0.39, 0.29) is 11.4 Å². The first-order valence-electron chi connectivity index (χ1n) is 8.85. The molecule has 2 heterocycles. The summed E-state index contributed by atoms with van der Waals surface area (Å²) in [6.45, 7) is 2.04. The van der Waals surface area contributed by atoms with E-state index in [1.807, 2.05) is 0 Å². The minimum Gasteiger partial charge on any atom is -0.462 e. The van der Waals surface area contributed by atoms with Gasteiger partial charge in [0.2, 0.25) is 0 Å². The summed E-state index contributed by atoms with van der Waals surface area (Å²) in [5, 5.41) is 4.23. The van der Waals surface area contributed by atoms with Crippen molar-refractivity contribution in [2.24, 2.45) is 0 Å². The van der Waals surface area contributed by atoms with Crippen molar-refractivity contribution in [1.82, 2.24) is 9.55 Å². The maximum Gasteiger partial charge on any atom is 0.338 e. The van der Waals surface area contributed by atoms with Gasteiger partial charge in [-0.3, -0.25) is 9.36 Å². The Balaban J connectivity index is 1.85. The number of hydrogen-bond acceptors (Lipinski definition) is 4. The summed E-state index contributed by atoms with van der Waals surface area (Å²) in [6.07, 6.45) is 1.64. The number of H-pyrrole nitrogens is 1. The molecule has 2 aromatic carbocycles. The molecule has 6 nitrogen and oxygen atoms in total. The van der Waals surface area contributed by atoms with Crippen LogP contribution in [0.25, 0.3) is 27.5 Å². The summed E-state index contributed by atoms with van der Waals surface area (Å²) in [6, 6.07) is 11.2. The molecule has 0 bridgehead atoms. The number of fused-ring (bicyclic) bond motifs is 3. The first-order valence-corrected chi connectivity index (χ1v) is 8.85. The zero-order chi connectivity index (χ0) is 19.8. The van der Waals surface area contributed by atoms with E-state index >= 15 is 0 Å². The lowest BCUT2D eigenvalue weighted by atomic mass is 10.1. The highest BCUT2D eigenvalue weighted by atomic mass is 19.1. The predicted molar refractivity (Wildman–Crippen MR) is 107 cm³/mol. The maximum atomic E-state index is 13.9. The number of anilines is 1. The monoisotopic (exact) mass is 379 g/mol. The molecule has 0 unspecified atom stereocenters. The number of pyridine rings is 1. The van der Waals surface area contributed by atoms with E-state index in [1.165, 1.54) is 16.7 Å². The molecule has 28 heavy (non-hydrogen) atoms. The molecule has 4 rings (SSSR count). The number of carbonyl (C=O) groups excluding carboxylic acids is 1. The third kappa shape index (κ3) is 2.81. The lowest BCUT2D eigenvalue weighted by Gasteiger charge is -2.07. The molecule has 0 saturated carbocycles. The van der Waals surface area contributed by atoms with Gasteiger partial charge in [-0.15, -0.1) is 0 Å². The van der Waals surface area contributed by atoms with Crippen LogP contribution in [0.5, 0.6) is 0 Å². The van der Waals surface area contributed by atoms with E-state index < -0.39 is 5.97 Å². The van der Waals surface area contributed by atoms with Crippen LogP contribution in [0.1, 0.15) is 17.3 Å². The van der Waals surface area contributed by atoms with Crippen LogP contribution >= 0.6 is 0 Å². The number of aromatic nitrogens is 2. The van der Waals surface area contributed by atoms with E-state index in [2.05, 4.69) is 10.3 Å². The summed E-state index contributed by atoms with van der Waals surface area (Å²) >= 11 is 0. The van der Waals surface area contributed by atoms with Crippen LogP contribution in [-0.2, 0) is 4.74 Å². The van der Waals surface area contributed by atoms with Crippen molar-refractivity contribution in [3.8, 4) is 5.69 Å². The van der Waals surface area contributed by atoms with Crippen molar-refractivity contribution >= 4 is 33.5 Å². The second-order valence-electron chi connectivity index (χ2n) is 6.30. The van der Waals surface area contributed by atoms with Crippen LogP contribution in [0.15, 0.2) is 53.5 Å². The molecule has 0 aliphatic carbocycles. The average molecular weight is 379 g/mol. The van der Waals surface area contributed by atoms with Gasteiger partial charge in [0.05, 0.1) is 23.4 Å². The molecule has 7 heteroatoms. The highest BCUT2D eigenvalue weighted by Crippen LogP contribution is 2.30. The summed E-state index contributed by atoms with van der Waals surface area (Å²) in [7, 11) is 1.70. The van der Waals surface area contributed by atoms with Gasteiger partial charge in [-0.1, -0.05) is 0 Å². The van der Waals surface area contributed by atoms with Gasteiger partial charge >= 0.3 is 5.97 Å². The first-order chi connectivity index (χ1) is 13.5. The molecule has 142 valence electrons. The topological polar surface area (TPSA) is 76.1 Å². The fourth-order valence-electron chi connectivity index (χ4n) is 3.33. The molecular weight excluding hydrogens is 361 g/mol. The second kappa shape index (κ2) is 6.84. The molecule has 0 atom stereocenters. The SMILES string of the molecule is CCOC(=O)c1ccc(-n2ccc3c([nH]c4c(NC)cc(F)cc43)c2=O)cc1. The number of rotatable bonds is 4. The second-order valence-corrected chi connectivity index (χ2v) is 6.30. The molecule has 2 aromatic heterocycles. The molecule has 2 N–H and O–H groups in total. The number of esters is 1. The highest BCUT2D eigenvalue weighted by molar-refractivity contribution is 6.10. The van der Waals surface area contributed by atoms with Crippen molar-refractivity contribution in [3.05, 3.63) is 70.4 Å². The van der Waals surface area contributed by atoms with Gasteiger partial charge in [0.15, 0.2) is 0 Å². The molecule has 0 amide bonds. The first kappa shape index (κ1) is 17.8. The standard InChI is InChI=1S/C21H18FN3O3/c1-3-28-21(27)12-4-6-14(7-5-12)25-9-8-15-16-10-13(22)11-17(23-2)18(16)24-19(15)20(25)26/h4-11,23-24H,3H2,1-2H3. The van der Waals surface area contributed by atoms with Crippen molar-refractivity contribution in [1.29, 1.82) is 0 Å². The minimum absolute atomic E-state index is 0.264. The summed E-state index contributed by atoms with van der Waals surface area (Å²) < 4.78 is 20.4. The molecule has 0 fully saturated rings. The third-order valence-electron chi connectivity index (χ3n) is 4.66. The van der Waals surface area contributed by atoms with Crippen LogP contribution in [-0.4, -0.2) is 29.2 Å². The zero-order valence-corrected chi connectivity index (χ0v) is 15.4. The van der Waals surface area contributed by atoms with Gasteiger partial charge in [-0.2, -0.15) is 0 Å². The van der Waals surface area contributed by atoms with Crippen LogP contribution in [0.2, 0.25) is 0 Å². The fraction of sp³-hybridized carbons (Fsp3) is 0.143. The quantitative estimate of drug-likeness (QED) is 0.529. The van der Waals surface area contributed by atoms with Crippen molar-refractivity contribution in [3.63, 3.8) is 0 Å². The normalized spacial score (nSPS) is 11.1. The van der Waals surface area contributed by atoms with Gasteiger partial charge in [-0.05, 0) is 49.4 Å². The fourth-order valence-corrected chi connectivity index (χ4v) is 3.33. The Morgan fingerprint density at radius 3 is 2.57 bits per heavy atom. The number of nitrogens with zero attached hydrogens (tertiary/aromatic N) is 1. The Kier molecular flexibility index (Phi) is 4.35. The number of nitrogens with one attached hydrogen (secondary N) is 2. The summed E-state index contributed by atoms with van der Waals surface area (Å²) in [5.74, 6) is -0.787. The Morgan fingerprint density at radius 2 is 1.89 bits per heavy atom. The van der Waals surface area contributed by atoms with Gasteiger partial charge in [-0.25, -0.2) is 9.18 Å². The van der Waals surface area contributed by atoms with Crippen molar-refractivity contribution in [2.45, 2.75) is 6.92 Å². The smallest absolute Gasteiger partial charge is 0.338 e. The Morgan fingerprint density at radius 1 is 1.14 bits per heavy atom. The largest absolute Gasteiger partial charge is 0.462 e. The van der Waals surface area contributed by atoms with E-state index in [1.54, 1.807) is 50.5 Å². The molecule has 0 saturated heterocycles. The van der Waals surface area contributed by atoms with Gasteiger partial charge < -0.3 is 15.0 Å². The Bertz CT molecular complexity index is 1260. The number of halogens is 1. The molecule has 0 radical (unpaired) electrons. The highest BCUT2D eigenvalue weighted by Gasteiger charge is 2.14. The molecular formula is C21H18FN3O3. The Hall–Kier alpha value is -3.61. The van der Waals surface area contributed by atoms with Crippen molar-refractivity contribution in [2.75, 3.05) is 19.0 Å². The zero-order valence-electron chi connectivity index (χ0n) is 15.4. The van der Waals surface area contributed by atoms with Crippen LogP contribution < -0.4 is 10.9 Å². The summed E-state index contributed by atoms with van der Waals surface area (Å²) in [5.41, 5.74) is 2.40. The lowest BCUT2D eigenvalue weighted by molar-refractivity contribution is 0.0526. The van der Waals surface area contributed by atoms with Gasteiger partial charge in [0.25, 0.3) is 5.56 Å². The van der Waals surface area contributed by atoms with Crippen LogP contribution in [0.4, 0.5) is 10.1 Å². The van der Waals surface area contributed by atoms with E-state index in [9.17, 15) is 14.0 Å². The molecule has 0 aliphatic heterocycles. The average Bonchev–Trinajstić information content (AvgIpc) is 3.07. The van der Waals surface area contributed by atoms with Crippen LogP contribution in [0, 0.1) is 5.82 Å². The lowest BCUT2D eigenvalue weighted by Crippen LogP contribution is -2.17. The maximum absolute atomic E-state index is 13.9. The number of hydrogen-bond donors (Lipinski definition) is 2. The van der Waals surface area contributed by atoms with Gasteiger partial charge in [0.1, 0.15) is 11.3 Å². The number of carbonyl (C=O) groups is 1. The van der Waals surface area contributed by atoms with E-state index in [4.69, 9.17) is 4.74 Å². The minimum atomic E-state index is -0.408. The van der Waals surface area contributed by atoms with Crippen molar-refractivity contribution < 1.29 is 13.9 Å². The number of benzene rings is 2. The van der Waals surface area contributed by atoms with Gasteiger partial charge in [0, 0.05) is 29.7 Å². The van der Waals surface area contributed by atoms with E-state index in [0.717, 1.165) is 0 Å². The molecule has 0 aliphatic rings. The predicted octanol–water partition coefficient (Wildman–Crippen LogP) is 3.83. The van der Waals surface area contributed by atoms with E-state index in [0.29, 0.717) is 45.4 Å². The number of aromatic amines is 1. The third-order valence-corrected chi connectivity index (χ3v) is 4.66. The molecule has 4 aromatic rings. The number of ether oxygens (including phenoxy) is 1. The van der Waals surface area contributed by atoms with Crippen LogP contribution in [0.3, 0.4) is 0 Å². The Labute approximate surface area is 159 Å². The summed E-state index contributed by atoms with van der Waals surface area (Å²) in [4.78, 5) is 27.9. The molecule has 0 spiro atoms.